The lowest BCUT2D eigenvalue weighted by molar-refractivity contribution is 0.399. The Kier molecular flexibility index (Phi) is 2.44. The molecule has 0 bridgehead atoms. The first-order valence-corrected chi connectivity index (χ1v) is 5.60. The van der Waals surface area contributed by atoms with Crippen LogP contribution < -0.4 is 4.74 Å². The van der Waals surface area contributed by atoms with Crippen LogP contribution in [0.25, 0.3) is 22.6 Å². The summed E-state index contributed by atoms with van der Waals surface area (Å²) in [5.41, 5.74) is 3.44. The van der Waals surface area contributed by atoms with Gasteiger partial charge in [0.25, 0.3) is 0 Å². The maximum Gasteiger partial charge on any atom is 0.215 e. The van der Waals surface area contributed by atoms with Crippen molar-refractivity contribution in [3.05, 3.63) is 36.2 Å². The summed E-state index contributed by atoms with van der Waals surface area (Å²) < 4.78 is 5.08. The second-order valence-electron chi connectivity index (χ2n) is 3.95. The number of nitrogens with zero attached hydrogens (tertiary/aromatic N) is 3. The Labute approximate surface area is 104 Å². The lowest BCUT2D eigenvalue weighted by Gasteiger charge is -1.98. The third kappa shape index (κ3) is 1.69. The van der Waals surface area contributed by atoms with Crippen LogP contribution in [-0.4, -0.2) is 27.0 Å². The van der Waals surface area contributed by atoms with Crippen molar-refractivity contribution in [2.24, 2.45) is 0 Å². The van der Waals surface area contributed by atoms with Gasteiger partial charge in [0.05, 0.1) is 12.6 Å². The Morgan fingerprint density at radius 2 is 2.06 bits per heavy atom. The number of aromatic amines is 1. The first kappa shape index (κ1) is 10.7. The highest BCUT2D eigenvalue weighted by Crippen LogP contribution is 2.22. The van der Waals surface area contributed by atoms with E-state index in [1.807, 2.05) is 25.1 Å². The van der Waals surface area contributed by atoms with Crippen LogP contribution in [0.5, 0.6) is 5.88 Å². The van der Waals surface area contributed by atoms with Crippen molar-refractivity contribution in [3.8, 4) is 17.3 Å². The second-order valence-corrected chi connectivity index (χ2v) is 3.95. The number of fused-ring (bicyclic) bond motifs is 1. The van der Waals surface area contributed by atoms with Crippen LogP contribution in [-0.2, 0) is 0 Å². The maximum atomic E-state index is 5.08. The van der Waals surface area contributed by atoms with E-state index in [1.54, 1.807) is 19.4 Å². The van der Waals surface area contributed by atoms with Crippen LogP contribution in [0.1, 0.15) is 5.69 Å². The van der Waals surface area contributed by atoms with Gasteiger partial charge in [0.15, 0.2) is 5.65 Å². The van der Waals surface area contributed by atoms with Crippen molar-refractivity contribution in [2.75, 3.05) is 7.11 Å². The number of imidazole rings is 1. The van der Waals surface area contributed by atoms with Gasteiger partial charge in [0, 0.05) is 23.5 Å². The Morgan fingerprint density at radius 3 is 2.83 bits per heavy atom. The Balaban J connectivity index is 2.17. The van der Waals surface area contributed by atoms with Gasteiger partial charge in [0.2, 0.25) is 5.88 Å². The zero-order valence-electron chi connectivity index (χ0n) is 10.1. The zero-order chi connectivity index (χ0) is 12.5. The molecule has 3 heterocycles. The Bertz CT molecular complexity index is 705. The van der Waals surface area contributed by atoms with E-state index in [0.717, 1.165) is 22.6 Å². The number of ether oxygens (including phenoxy) is 1. The van der Waals surface area contributed by atoms with E-state index in [-0.39, 0.29) is 0 Å². The van der Waals surface area contributed by atoms with Crippen molar-refractivity contribution in [3.63, 3.8) is 0 Å². The molecule has 90 valence electrons. The molecule has 0 fully saturated rings. The monoisotopic (exact) mass is 240 g/mol. The molecule has 0 aliphatic rings. The molecule has 0 spiro atoms. The number of hydrogen-bond donors (Lipinski definition) is 1. The second kappa shape index (κ2) is 4.10. The number of aryl methyl sites for hydroxylation is 1. The van der Waals surface area contributed by atoms with Gasteiger partial charge in [0.1, 0.15) is 5.82 Å². The molecule has 1 N–H and O–H groups in total. The molecule has 18 heavy (non-hydrogen) atoms. The minimum atomic E-state index is 0.559. The van der Waals surface area contributed by atoms with Crippen molar-refractivity contribution in [2.45, 2.75) is 6.92 Å². The molecule has 0 amide bonds. The molecular weight excluding hydrogens is 228 g/mol. The number of rotatable bonds is 2. The molecule has 0 aliphatic heterocycles. The summed E-state index contributed by atoms with van der Waals surface area (Å²) in [4.78, 5) is 16.2. The number of nitrogens with one attached hydrogen (secondary N) is 1. The molecule has 0 aromatic carbocycles. The molecule has 3 aromatic rings. The van der Waals surface area contributed by atoms with Crippen LogP contribution in [0.2, 0.25) is 0 Å². The number of pyridine rings is 2. The van der Waals surface area contributed by atoms with Gasteiger partial charge in [-0.05, 0) is 25.1 Å². The number of methoxy groups -OCH3 is 1. The van der Waals surface area contributed by atoms with Crippen LogP contribution in [0.4, 0.5) is 0 Å². The minimum Gasteiger partial charge on any atom is -0.481 e. The van der Waals surface area contributed by atoms with Crippen molar-refractivity contribution >= 4 is 11.2 Å². The minimum absolute atomic E-state index is 0.559. The predicted octanol–water partition coefficient (Wildman–Crippen LogP) is 2.34. The highest BCUT2D eigenvalue weighted by atomic mass is 16.5. The molecule has 0 saturated carbocycles. The van der Waals surface area contributed by atoms with Crippen LogP contribution in [0.3, 0.4) is 0 Å². The summed E-state index contributed by atoms with van der Waals surface area (Å²) in [5.74, 6) is 1.33. The first-order valence-electron chi connectivity index (χ1n) is 5.60. The third-order valence-electron chi connectivity index (χ3n) is 2.79. The summed E-state index contributed by atoms with van der Waals surface area (Å²) in [6.45, 7) is 1.95. The zero-order valence-corrected chi connectivity index (χ0v) is 10.1. The van der Waals surface area contributed by atoms with E-state index in [4.69, 9.17) is 4.74 Å². The first-order chi connectivity index (χ1) is 8.78. The van der Waals surface area contributed by atoms with Crippen LogP contribution in [0, 0.1) is 6.92 Å². The lowest BCUT2D eigenvalue weighted by Crippen LogP contribution is -1.88. The van der Waals surface area contributed by atoms with Gasteiger partial charge < -0.3 is 9.72 Å². The van der Waals surface area contributed by atoms with E-state index in [2.05, 4.69) is 19.9 Å². The van der Waals surface area contributed by atoms with E-state index >= 15 is 0 Å². The summed E-state index contributed by atoms with van der Waals surface area (Å²) >= 11 is 0. The molecule has 3 aromatic heterocycles. The largest absolute Gasteiger partial charge is 0.481 e. The molecule has 3 rings (SSSR count). The van der Waals surface area contributed by atoms with Gasteiger partial charge in [-0.15, -0.1) is 0 Å². The fourth-order valence-electron chi connectivity index (χ4n) is 1.85. The number of hydrogen-bond acceptors (Lipinski definition) is 4. The van der Waals surface area contributed by atoms with Crippen LogP contribution >= 0.6 is 0 Å². The summed E-state index contributed by atoms with van der Waals surface area (Å²) in [6.07, 6.45) is 1.77. The standard InChI is InChI=1S/C13H12N4O/c1-8-9(4-3-7-14-8)12-15-10-5-6-11(18-2)16-13(10)17-12/h3-7H,1-2H3,(H,15,16,17). The van der Waals surface area contributed by atoms with Gasteiger partial charge in [-0.3, -0.25) is 4.98 Å². The fourth-order valence-corrected chi connectivity index (χ4v) is 1.85. The molecule has 0 atom stereocenters. The number of H-pyrrole nitrogens is 1. The average Bonchev–Trinajstić information content (AvgIpc) is 2.81. The smallest absolute Gasteiger partial charge is 0.215 e. The third-order valence-corrected chi connectivity index (χ3v) is 2.79. The van der Waals surface area contributed by atoms with Gasteiger partial charge in [-0.1, -0.05) is 0 Å². The quantitative estimate of drug-likeness (QED) is 0.746. The van der Waals surface area contributed by atoms with E-state index in [1.165, 1.54) is 0 Å². The summed E-state index contributed by atoms with van der Waals surface area (Å²) in [6, 6.07) is 7.59. The van der Waals surface area contributed by atoms with Gasteiger partial charge in [-0.2, -0.15) is 4.98 Å². The lowest BCUT2D eigenvalue weighted by atomic mass is 10.2. The molecule has 0 unspecified atom stereocenters. The van der Waals surface area contributed by atoms with Gasteiger partial charge >= 0.3 is 0 Å². The molecular formula is C13H12N4O. The molecule has 5 nitrogen and oxygen atoms in total. The normalized spacial score (nSPS) is 10.8. The molecule has 0 aliphatic carbocycles. The highest BCUT2D eigenvalue weighted by molar-refractivity contribution is 5.76. The van der Waals surface area contributed by atoms with Gasteiger partial charge in [-0.25, -0.2) is 4.98 Å². The van der Waals surface area contributed by atoms with E-state index < -0.39 is 0 Å². The Hall–Kier alpha value is -2.43. The summed E-state index contributed by atoms with van der Waals surface area (Å²) in [7, 11) is 1.59. The molecule has 0 saturated heterocycles. The molecule has 5 heteroatoms. The maximum absolute atomic E-state index is 5.08. The van der Waals surface area contributed by atoms with Crippen LogP contribution in [0.15, 0.2) is 30.5 Å². The van der Waals surface area contributed by atoms with Crippen molar-refractivity contribution < 1.29 is 4.74 Å². The van der Waals surface area contributed by atoms with E-state index in [0.29, 0.717) is 11.5 Å². The summed E-state index contributed by atoms with van der Waals surface area (Å²) in [5, 5.41) is 0. The highest BCUT2D eigenvalue weighted by Gasteiger charge is 2.09. The average molecular weight is 240 g/mol. The fraction of sp³-hybridized carbons (Fsp3) is 0.154. The van der Waals surface area contributed by atoms with Crippen molar-refractivity contribution in [1.82, 2.24) is 19.9 Å². The predicted molar refractivity (Wildman–Crippen MR) is 68.4 cm³/mol. The number of aromatic nitrogens is 4. The molecule has 0 radical (unpaired) electrons. The van der Waals surface area contributed by atoms with E-state index in [9.17, 15) is 0 Å². The Morgan fingerprint density at radius 1 is 1.17 bits per heavy atom. The van der Waals surface area contributed by atoms with Crippen molar-refractivity contribution in [1.29, 1.82) is 0 Å². The SMILES string of the molecule is COc1ccc2[nH]c(-c3cccnc3C)nc2n1. The topological polar surface area (TPSA) is 63.7 Å².